The summed E-state index contributed by atoms with van der Waals surface area (Å²) in [5.74, 6) is 0. The van der Waals surface area contributed by atoms with Gasteiger partial charge >= 0.3 is 0 Å². The summed E-state index contributed by atoms with van der Waals surface area (Å²) >= 11 is 0. The minimum atomic E-state index is 0.406. The van der Waals surface area contributed by atoms with E-state index >= 15 is 0 Å². The van der Waals surface area contributed by atoms with Crippen molar-refractivity contribution < 1.29 is 9.53 Å². The summed E-state index contributed by atoms with van der Waals surface area (Å²) in [7, 11) is 0. The van der Waals surface area contributed by atoms with Gasteiger partial charge in [-0.25, -0.2) is 0 Å². The third kappa shape index (κ3) is 1.53. The highest BCUT2D eigenvalue weighted by Crippen LogP contribution is 2.31. The number of carbonyl (C=O) groups excluding carboxylic acids is 1. The molecular weight excluding hydrogens is 190 g/mol. The quantitative estimate of drug-likeness (QED) is 0.682. The van der Waals surface area contributed by atoms with Crippen LogP contribution in [0.25, 0.3) is 0 Å². The summed E-state index contributed by atoms with van der Waals surface area (Å²) in [4.78, 5) is 13.0. The molecule has 3 heterocycles. The van der Waals surface area contributed by atoms with Crippen LogP contribution in [0.4, 0.5) is 5.69 Å². The molecular formula is C12H13NO2. The van der Waals surface area contributed by atoms with Crippen LogP contribution in [0, 0.1) is 0 Å². The van der Waals surface area contributed by atoms with Crippen molar-refractivity contribution in [2.45, 2.75) is 18.6 Å². The molecule has 3 aliphatic rings. The lowest BCUT2D eigenvalue weighted by molar-refractivity contribution is -0.133. The number of anilines is 1. The van der Waals surface area contributed by atoms with Crippen LogP contribution in [-0.4, -0.2) is 31.6 Å². The lowest BCUT2D eigenvalue weighted by atomic mass is 9.98. The summed E-state index contributed by atoms with van der Waals surface area (Å²) in [5, 5.41) is 0. The second-order valence-electron chi connectivity index (χ2n) is 4.23. The predicted molar refractivity (Wildman–Crippen MR) is 57.3 cm³/mol. The van der Waals surface area contributed by atoms with Gasteiger partial charge < -0.3 is 9.64 Å². The van der Waals surface area contributed by atoms with E-state index in [2.05, 4.69) is 11.0 Å². The fourth-order valence-electron chi connectivity index (χ4n) is 2.36. The van der Waals surface area contributed by atoms with Crippen molar-refractivity contribution in [1.29, 1.82) is 0 Å². The molecule has 78 valence electrons. The van der Waals surface area contributed by atoms with E-state index in [-0.39, 0.29) is 0 Å². The Morgan fingerprint density at radius 1 is 1.33 bits per heavy atom. The molecule has 2 atom stereocenters. The maximum absolute atomic E-state index is 10.7. The van der Waals surface area contributed by atoms with Crippen LogP contribution in [0.5, 0.6) is 0 Å². The van der Waals surface area contributed by atoms with Crippen molar-refractivity contribution in [1.82, 2.24) is 0 Å². The van der Waals surface area contributed by atoms with Gasteiger partial charge in [-0.2, -0.15) is 0 Å². The van der Waals surface area contributed by atoms with Gasteiger partial charge in [-0.15, -0.1) is 0 Å². The van der Waals surface area contributed by atoms with Gasteiger partial charge in [0.2, 0.25) is 0 Å². The van der Waals surface area contributed by atoms with Gasteiger partial charge in [-0.3, -0.25) is 4.79 Å². The van der Waals surface area contributed by atoms with Crippen LogP contribution in [0.2, 0.25) is 0 Å². The van der Waals surface area contributed by atoms with E-state index in [0.717, 1.165) is 30.6 Å². The van der Waals surface area contributed by atoms with Crippen molar-refractivity contribution in [2.24, 2.45) is 0 Å². The molecule has 3 nitrogen and oxygen atoms in total. The van der Waals surface area contributed by atoms with E-state index in [4.69, 9.17) is 4.74 Å². The number of hydrogen-bond donors (Lipinski definition) is 0. The lowest BCUT2D eigenvalue weighted by Gasteiger charge is -2.48. The molecule has 3 fully saturated rings. The standard InChI is InChI=1S/C12H13NO2/c14-8-9-2-1-3-10(4-9)13-6-11-5-12(7-13)15-11/h1-4,8,11-12H,5-7H2. The number of aldehydes is 1. The second kappa shape index (κ2) is 3.35. The maximum atomic E-state index is 10.7. The van der Waals surface area contributed by atoms with Gasteiger partial charge in [0, 0.05) is 30.8 Å². The summed E-state index contributed by atoms with van der Waals surface area (Å²) in [6.45, 7) is 1.91. The average molecular weight is 203 g/mol. The van der Waals surface area contributed by atoms with E-state index in [0.29, 0.717) is 12.2 Å². The molecule has 0 aromatic heterocycles. The van der Waals surface area contributed by atoms with Gasteiger partial charge in [0.05, 0.1) is 12.2 Å². The molecule has 2 bridgehead atoms. The minimum Gasteiger partial charge on any atom is -0.371 e. The van der Waals surface area contributed by atoms with Crippen LogP contribution in [0.15, 0.2) is 24.3 Å². The molecule has 1 aromatic rings. The molecule has 0 aliphatic carbocycles. The van der Waals surface area contributed by atoms with Gasteiger partial charge in [-0.05, 0) is 12.1 Å². The molecule has 4 rings (SSSR count). The first-order chi connectivity index (χ1) is 7.35. The van der Waals surface area contributed by atoms with Crippen molar-refractivity contribution in [2.75, 3.05) is 18.0 Å². The molecule has 0 saturated carbocycles. The molecule has 1 aromatic carbocycles. The Bertz CT molecular complexity index is 375. The normalized spacial score (nSPS) is 28.4. The highest BCUT2D eigenvalue weighted by molar-refractivity contribution is 5.77. The largest absolute Gasteiger partial charge is 0.371 e. The number of benzene rings is 1. The number of carbonyl (C=O) groups is 1. The number of nitrogens with zero attached hydrogens (tertiary/aromatic N) is 1. The molecule has 3 heteroatoms. The third-order valence-corrected chi connectivity index (χ3v) is 3.13. The van der Waals surface area contributed by atoms with E-state index in [9.17, 15) is 4.79 Å². The van der Waals surface area contributed by atoms with Crippen LogP contribution in [-0.2, 0) is 4.74 Å². The van der Waals surface area contributed by atoms with Crippen LogP contribution in [0.1, 0.15) is 16.8 Å². The highest BCUT2D eigenvalue weighted by atomic mass is 16.5. The zero-order chi connectivity index (χ0) is 10.3. The third-order valence-electron chi connectivity index (χ3n) is 3.13. The fraction of sp³-hybridized carbons (Fsp3) is 0.417. The minimum absolute atomic E-state index is 0.406. The van der Waals surface area contributed by atoms with Gasteiger partial charge in [0.15, 0.2) is 0 Å². The Morgan fingerprint density at radius 2 is 2.07 bits per heavy atom. The first-order valence-electron chi connectivity index (χ1n) is 5.31. The number of hydrogen-bond acceptors (Lipinski definition) is 3. The van der Waals surface area contributed by atoms with Crippen molar-refractivity contribution in [3.8, 4) is 0 Å². The number of ether oxygens (including phenoxy) is 1. The van der Waals surface area contributed by atoms with E-state index in [1.807, 2.05) is 18.2 Å². The Kier molecular flexibility index (Phi) is 1.99. The van der Waals surface area contributed by atoms with Gasteiger partial charge in [-0.1, -0.05) is 12.1 Å². The van der Waals surface area contributed by atoms with Crippen molar-refractivity contribution in [3.05, 3.63) is 29.8 Å². The van der Waals surface area contributed by atoms with Crippen LogP contribution in [0.3, 0.4) is 0 Å². The monoisotopic (exact) mass is 203 g/mol. The molecule has 0 spiro atoms. The average Bonchev–Trinajstić information content (AvgIpc) is 2.28. The Labute approximate surface area is 88.6 Å². The lowest BCUT2D eigenvalue weighted by Crippen LogP contribution is -2.57. The van der Waals surface area contributed by atoms with E-state index in [1.165, 1.54) is 6.42 Å². The highest BCUT2D eigenvalue weighted by Gasteiger charge is 2.38. The number of morpholine rings is 1. The first kappa shape index (κ1) is 8.92. The van der Waals surface area contributed by atoms with Crippen LogP contribution < -0.4 is 4.90 Å². The molecule has 0 radical (unpaired) electrons. The summed E-state index contributed by atoms with van der Waals surface area (Å²) in [6.07, 6.45) is 2.90. The summed E-state index contributed by atoms with van der Waals surface area (Å²) in [5.41, 5.74) is 1.88. The van der Waals surface area contributed by atoms with E-state index in [1.54, 1.807) is 0 Å². The topological polar surface area (TPSA) is 29.5 Å². The van der Waals surface area contributed by atoms with E-state index < -0.39 is 0 Å². The molecule has 0 amide bonds. The summed E-state index contributed by atoms with van der Waals surface area (Å²) < 4.78 is 5.57. The first-order valence-corrected chi connectivity index (χ1v) is 5.31. The Morgan fingerprint density at radius 3 is 2.73 bits per heavy atom. The Hall–Kier alpha value is -1.35. The summed E-state index contributed by atoms with van der Waals surface area (Å²) in [6, 6.07) is 7.76. The maximum Gasteiger partial charge on any atom is 0.150 e. The molecule has 2 unspecified atom stereocenters. The zero-order valence-electron chi connectivity index (χ0n) is 8.43. The number of fused-ring (bicyclic) bond motifs is 2. The molecule has 0 N–H and O–H groups in total. The second-order valence-corrected chi connectivity index (χ2v) is 4.23. The SMILES string of the molecule is O=Cc1cccc(N2CC3CC(C2)O3)c1. The smallest absolute Gasteiger partial charge is 0.150 e. The number of rotatable bonds is 2. The molecule has 15 heavy (non-hydrogen) atoms. The fourth-order valence-corrected chi connectivity index (χ4v) is 2.36. The Balaban J connectivity index is 1.82. The van der Waals surface area contributed by atoms with Gasteiger partial charge in [0.25, 0.3) is 0 Å². The zero-order valence-corrected chi connectivity index (χ0v) is 8.43. The van der Waals surface area contributed by atoms with Crippen LogP contribution >= 0.6 is 0 Å². The predicted octanol–water partition coefficient (Wildman–Crippen LogP) is 1.48. The molecule has 3 aliphatic heterocycles. The number of piperidine rings is 1. The van der Waals surface area contributed by atoms with Crippen molar-refractivity contribution >= 4 is 12.0 Å². The van der Waals surface area contributed by atoms with Crippen molar-refractivity contribution in [3.63, 3.8) is 0 Å². The molecule has 3 saturated heterocycles. The van der Waals surface area contributed by atoms with Gasteiger partial charge in [0.1, 0.15) is 6.29 Å².